The van der Waals surface area contributed by atoms with Crippen molar-refractivity contribution in [1.29, 1.82) is 0 Å². The Morgan fingerprint density at radius 2 is 1.02 bits per heavy atom. The molecule has 0 unspecified atom stereocenters. The quantitative estimate of drug-likeness (QED) is 0.223. The van der Waals surface area contributed by atoms with Crippen molar-refractivity contribution in [2.75, 3.05) is 63.5 Å². The van der Waals surface area contributed by atoms with Gasteiger partial charge in [-0.2, -0.15) is 0 Å². The summed E-state index contributed by atoms with van der Waals surface area (Å²) in [6.07, 6.45) is 13.1. The first kappa shape index (κ1) is 35.5. The summed E-state index contributed by atoms with van der Waals surface area (Å²) in [5.74, 6) is 0. The van der Waals surface area contributed by atoms with Crippen LogP contribution in [-0.4, -0.2) is 54.5 Å². The molecular weight excluding hydrogens is 620 g/mol. The van der Waals surface area contributed by atoms with Gasteiger partial charge >= 0.3 is 0 Å². The Balaban J connectivity index is 1.61. The van der Waals surface area contributed by atoms with E-state index in [-0.39, 0.29) is 16.9 Å². The number of benzene rings is 3. The van der Waals surface area contributed by atoms with Crippen LogP contribution >= 0.6 is 0 Å². The summed E-state index contributed by atoms with van der Waals surface area (Å²) in [6, 6.07) is 24.3. The van der Waals surface area contributed by atoms with E-state index in [1.54, 1.807) is 12.2 Å². The smallest absolute Gasteiger partial charge is 0.237 e. The highest BCUT2D eigenvalue weighted by molar-refractivity contribution is 6.06. The third-order valence-electron chi connectivity index (χ3n) is 8.79. The molecule has 0 amide bonds. The minimum Gasteiger partial charge on any atom is -0.378 e. The fourth-order valence-corrected chi connectivity index (χ4v) is 5.85. The molecule has 1 aliphatic rings. The highest BCUT2D eigenvalue weighted by Gasteiger charge is 2.13. The number of allylic oxidation sites excluding steroid dienone is 7. The van der Waals surface area contributed by atoms with Crippen LogP contribution in [0.15, 0.2) is 128 Å². The van der Waals surface area contributed by atoms with Crippen molar-refractivity contribution >= 4 is 46.1 Å². The zero-order valence-corrected chi connectivity index (χ0v) is 29.9. The predicted octanol–water partition coefficient (Wildman–Crippen LogP) is 4.96. The van der Waals surface area contributed by atoms with Gasteiger partial charge in [0.15, 0.2) is 0 Å². The standard InChI is InChI=1S/C43H44N4O3/c1-8-44-33-17-9-29(10-18-33)37(30-11-19-34(20-12-30)45(2)3)25-27-39-41(48)40(43(50)42(39)49)28-26-38(31-13-21-35(22-14-31)46(4)5)32-15-23-36(24-16-32)47(6)7/h9-24,26-28H,8,25H2,1-7H3. The van der Waals surface area contributed by atoms with Gasteiger partial charge in [0.2, 0.25) is 16.3 Å². The Labute approximate surface area is 293 Å². The second-order valence-corrected chi connectivity index (χ2v) is 12.8. The Hall–Kier alpha value is -5.82. The Morgan fingerprint density at radius 1 is 0.580 bits per heavy atom. The van der Waals surface area contributed by atoms with Crippen molar-refractivity contribution in [3.63, 3.8) is 0 Å². The van der Waals surface area contributed by atoms with Gasteiger partial charge in [-0.25, -0.2) is 0 Å². The van der Waals surface area contributed by atoms with Crippen molar-refractivity contribution in [2.45, 2.75) is 13.3 Å². The molecule has 0 spiro atoms. The number of nitrogens with zero attached hydrogens (tertiary/aromatic N) is 4. The summed E-state index contributed by atoms with van der Waals surface area (Å²) < 4.78 is 0. The maximum atomic E-state index is 13.7. The molecule has 0 N–H and O–H groups in total. The van der Waals surface area contributed by atoms with E-state index in [9.17, 15) is 14.4 Å². The number of rotatable bonds is 10. The number of anilines is 3. The Kier molecular flexibility index (Phi) is 11.1. The van der Waals surface area contributed by atoms with Crippen LogP contribution in [0, 0.1) is 0 Å². The fraction of sp³-hybridized carbons (Fsp3) is 0.209. The van der Waals surface area contributed by atoms with Crippen LogP contribution < -0.4 is 41.4 Å². The summed E-state index contributed by atoms with van der Waals surface area (Å²) in [7, 11) is 11.9. The lowest BCUT2D eigenvalue weighted by Gasteiger charge is -2.15. The molecule has 0 saturated heterocycles. The molecule has 254 valence electrons. The summed E-state index contributed by atoms with van der Waals surface area (Å²) >= 11 is 0. The maximum Gasteiger partial charge on any atom is 0.237 e. The van der Waals surface area contributed by atoms with E-state index in [0.717, 1.165) is 56.2 Å². The van der Waals surface area contributed by atoms with Crippen molar-refractivity contribution in [3.8, 4) is 0 Å². The first-order valence-electron chi connectivity index (χ1n) is 16.7. The molecule has 1 aliphatic carbocycles. The lowest BCUT2D eigenvalue weighted by Crippen LogP contribution is -2.36. The molecule has 0 radical (unpaired) electrons. The summed E-state index contributed by atoms with van der Waals surface area (Å²) in [6.45, 7) is 2.68. The number of hydrogen-bond acceptors (Lipinski definition) is 7. The van der Waals surface area contributed by atoms with E-state index in [2.05, 4.69) is 4.99 Å². The van der Waals surface area contributed by atoms with Crippen molar-refractivity contribution in [1.82, 2.24) is 0 Å². The van der Waals surface area contributed by atoms with Crippen LogP contribution in [-0.2, 0) is 0 Å². The van der Waals surface area contributed by atoms with Crippen LogP contribution in [0.2, 0.25) is 0 Å². The molecule has 0 bridgehead atoms. The average Bonchev–Trinajstić information content (AvgIpc) is 3.32. The number of aliphatic imine (C=N–C) groups is 1. The maximum absolute atomic E-state index is 13.7. The molecule has 0 aromatic heterocycles. The van der Waals surface area contributed by atoms with E-state index in [0.29, 0.717) is 6.54 Å². The largest absolute Gasteiger partial charge is 0.378 e. The Morgan fingerprint density at radius 3 is 1.46 bits per heavy atom. The van der Waals surface area contributed by atoms with Gasteiger partial charge in [0.05, 0.1) is 16.1 Å². The molecule has 5 rings (SSSR count). The molecule has 7 heteroatoms. The van der Waals surface area contributed by atoms with Crippen LogP contribution in [0.3, 0.4) is 0 Å². The van der Waals surface area contributed by atoms with E-state index < -0.39 is 16.3 Å². The highest BCUT2D eigenvalue weighted by atomic mass is 16.2. The summed E-state index contributed by atoms with van der Waals surface area (Å²) in [5.41, 5.74) is 7.42. The molecule has 50 heavy (non-hydrogen) atoms. The van der Waals surface area contributed by atoms with Gasteiger partial charge < -0.3 is 14.7 Å². The van der Waals surface area contributed by atoms with E-state index in [1.165, 1.54) is 6.08 Å². The summed E-state index contributed by atoms with van der Waals surface area (Å²) in [5, 5.41) is -0.224. The van der Waals surface area contributed by atoms with E-state index in [4.69, 9.17) is 0 Å². The molecule has 0 atom stereocenters. The zero-order valence-electron chi connectivity index (χ0n) is 29.9. The molecule has 4 aromatic rings. The SMILES string of the molecule is CCN=C1C=CC(=C(CC=c2c(=O)c(=O)c(=CC=C(c3ccc(N(C)C)cc3)c3ccc(N(C)C)cc3)c2=O)c2ccc(N(C)C)cc2)C=C1. The van der Waals surface area contributed by atoms with Crippen LogP contribution in [0.5, 0.6) is 0 Å². The third-order valence-corrected chi connectivity index (χ3v) is 8.79. The molecular formula is C43H44N4O3. The van der Waals surface area contributed by atoms with Gasteiger partial charge in [-0.1, -0.05) is 60.7 Å². The van der Waals surface area contributed by atoms with Gasteiger partial charge in [-0.15, -0.1) is 0 Å². The first-order chi connectivity index (χ1) is 24.0. The molecule has 0 heterocycles. The average molecular weight is 665 g/mol. The third kappa shape index (κ3) is 7.90. The minimum absolute atomic E-state index is 0.0955. The topological polar surface area (TPSA) is 73.3 Å². The molecule has 0 fully saturated rings. The normalized spacial score (nSPS) is 13.1. The van der Waals surface area contributed by atoms with Gasteiger partial charge in [0, 0.05) is 65.9 Å². The second-order valence-electron chi connectivity index (χ2n) is 12.8. The Bertz CT molecular complexity index is 2210. The summed E-state index contributed by atoms with van der Waals surface area (Å²) in [4.78, 5) is 50.9. The van der Waals surface area contributed by atoms with Crippen molar-refractivity contribution < 1.29 is 0 Å². The molecule has 7 nitrogen and oxygen atoms in total. The first-order valence-corrected chi connectivity index (χ1v) is 16.7. The predicted molar refractivity (Wildman–Crippen MR) is 213 cm³/mol. The van der Waals surface area contributed by atoms with Gasteiger partial charge in [-0.3, -0.25) is 19.4 Å². The lowest BCUT2D eigenvalue weighted by molar-refractivity contribution is 1.13. The monoisotopic (exact) mass is 664 g/mol. The van der Waals surface area contributed by atoms with Crippen molar-refractivity contribution in [2.24, 2.45) is 4.99 Å². The fourth-order valence-electron chi connectivity index (χ4n) is 5.85. The van der Waals surface area contributed by atoms with Gasteiger partial charge in [-0.05, 0) is 101 Å². The molecule has 0 saturated carbocycles. The zero-order chi connectivity index (χ0) is 35.9. The van der Waals surface area contributed by atoms with Crippen LogP contribution in [0.1, 0.15) is 30.0 Å². The van der Waals surface area contributed by atoms with Crippen LogP contribution in [0.4, 0.5) is 17.1 Å². The van der Waals surface area contributed by atoms with Gasteiger partial charge in [0.25, 0.3) is 0 Å². The van der Waals surface area contributed by atoms with Gasteiger partial charge in [0.1, 0.15) is 0 Å². The second kappa shape index (κ2) is 15.6. The molecule has 4 aromatic carbocycles. The minimum atomic E-state index is -0.787. The molecule has 0 aliphatic heterocycles. The van der Waals surface area contributed by atoms with Crippen LogP contribution in [0.25, 0.3) is 23.3 Å². The number of hydrogen-bond donors (Lipinski definition) is 0. The highest BCUT2D eigenvalue weighted by Crippen LogP contribution is 2.29. The van der Waals surface area contributed by atoms with Crippen molar-refractivity contribution in [3.05, 3.63) is 167 Å². The van der Waals surface area contributed by atoms with E-state index >= 15 is 0 Å². The lowest BCUT2D eigenvalue weighted by atomic mass is 9.93. The van der Waals surface area contributed by atoms with E-state index in [1.807, 2.05) is 161 Å².